The lowest BCUT2D eigenvalue weighted by molar-refractivity contribution is -0.123. The van der Waals surface area contributed by atoms with E-state index in [2.05, 4.69) is 26.2 Å². The molecule has 1 amide bonds. The van der Waals surface area contributed by atoms with Crippen molar-refractivity contribution in [2.45, 2.75) is 20.0 Å². The van der Waals surface area contributed by atoms with Crippen LogP contribution in [-0.4, -0.2) is 30.1 Å². The zero-order chi connectivity index (χ0) is 21.7. The van der Waals surface area contributed by atoms with E-state index in [1.165, 1.54) is 14.0 Å². The molecule has 3 aromatic rings. The smallest absolute Gasteiger partial charge is 0.340 e. The van der Waals surface area contributed by atoms with Gasteiger partial charge in [-0.25, -0.2) is 4.79 Å². The number of nitrogens with one attached hydrogen (secondary N) is 1. The quantitative estimate of drug-likeness (QED) is 0.514. The minimum absolute atomic E-state index is 0.311. The van der Waals surface area contributed by atoms with Gasteiger partial charge < -0.3 is 14.8 Å². The standard InChI is InChI=1S/C23H21BrN2O4/c1-14-18(11-12-19(25-14)16-7-6-8-17(24)13-16)23(28)30-15(2)22(27)26-20-9-4-5-10-21(20)29-3/h4-13,15H,1-3H3,(H,26,27). The topological polar surface area (TPSA) is 77.5 Å². The number of ether oxygens (including phenoxy) is 2. The molecule has 1 unspecified atom stereocenters. The van der Waals surface area contributed by atoms with Crippen molar-refractivity contribution in [1.29, 1.82) is 0 Å². The number of aryl methyl sites for hydroxylation is 1. The third-order valence-electron chi connectivity index (χ3n) is 4.44. The van der Waals surface area contributed by atoms with Crippen LogP contribution in [0.5, 0.6) is 5.75 Å². The van der Waals surface area contributed by atoms with Gasteiger partial charge in [-0.1, -0.05) is 40.2 Å². The van der Waals surface area contributed by atoms with E-state index in [-0.39, 0.29) is 0 Å². The summed E-state index contributed by atoms with van der Waals surface area (Å²) in [6.07, 6.45) is -0.994. The van der Waals surface area contributed by atoms with E-state index >= 15 is 0 Å². The monoisotopic (exact) mass is 468 g/mol. The van der Waals surface area contributed by atoms with Gasteiger partial charge in [0.15, 0.2) is 6.10 Å². The van der Waals surface area contributed by atoms with Gasteiger partial charge in [-0.15, -0.1) is 0 Å². The summed E-state index contributed by atoms with van der Waals surface area (Å²) in [4.78, 5) is 29.5. The highest BCUT2D eigenvalue weighted by Gasteiger charge is 2.21. The largest absolute Gasteiger partial charge is 0.495 e. The van der Waals surface area contributed by atoms with E-state index in [9.17, 15) is 9.59 Å². The molecule has 0 bridgehead atoms. The third-order valence-corrected chi connectivity index (χ3v) is 4.94. The number of hydrogen-bond acceptors (Lipinski definition) is 5. The predicted molar refractivity (Wildman–Crippen MR) is 119 cm³/mol. The van der Waals surface area contributed by atoms with Gasteiger partial charge in [0.1, 0.15) is 5.75 Å². The number of hydrogen-bond donors (Lipinski definition) is 1. The molecule has 2 aromatic carbocycles. The summed E-state index contributed by atoms with van der Waals surface area (Å²) in [6, 6.07) is 18.2. The average molecular weight is 469 g/mol. The normalized spacial score (nSPS) is 11.5. The maximum absolute atomic E-state index is 12.6. The number of esters is 1. The second kappa shape index (κ2) is 9.54. The van der Waals surface area contributed by atoms with Crippen molar-refractivity contribution in [3.05, 3.63) is 76.4 Å². The van der Waals surface area contributed by atoms with E-state index in [1.807, 2.05) is 24.3 Å². The Balaban J connectivity index is 1.70. The number of carbonyl (C=O) groups is 2. The summed E-state index contributed by atoms with van der Waals surface area (Å²) in [5, 5.41) is 2.71. The molecule has 1 aromatic heterocycles. The van der Waals surface area contributed by atoms with Gasteiger partial charge in [0, 0.05) is 10.0 Å². The van der Waals surface area contributed by atoms with Gasteiger partial charge in [0.25, 0.3) is 5.91 Å². The summed E-state index contributed by atoms with van der Waals surface area (Å²) < 4.78 is 11.5. The molecule has 7 heteroatoms. The summed E-state index contributed by atoms with van der Waals surface area (Å²) in [7, 11) is 1.52. The molecule has 0 aliphatic carbocycles. The van der Waals surface area contributed by atoms with Crippen LogP contribution >= 0.6 is 15.9 Å². The average Bonchev–Trinajstić information content (AvgIpc) is 2.73. The van der Waals surface area contributed by atoms with Crippen molar-refractivity contribution >= 4 is 33.5 Å². The van der Waals surface area contributed by atoms with Crippen molar-refractivity contribution in [2.75, 3.05) is 12.4 Å². The first-order valence-corrected chi connectivity index (χ1v) is 10.1. The van der Waals surface area contributed by atoms with Crippen LogP contribution < -0.4 is 10.1 Å². The van der Waals surface area contributed by atoms with Crippen molar-refractivity contribution < 1.29 is 19.1 Å². The number of para-hydroxylation sites is 2. The SMILES string of the molecule is COc1ccccc1NC(=O)C(C)OC(=O)c1ccc(-c2cccc(Br)c2)nc1C. The van der Waals surface area contributed by atoms with Gasteiger partial charge in [-0.2, -0.15) is 0 Å². The lowest BCUT2D eigenvalue weighted by Gasteiger charge is -2.16. The first-order valence-electron chi connectivity index (χ1n) is 9.27. The number of rotatable bonds is 6. The van der Waals surface area contributed by atoms with E-state index in [0.717, 1.165) is 15.7 Å². The molecule has 0 spiro atoms. The molecule has 0 aliphatic rings. The van der Waals surface area contributed by atoms with Crippen LogP contribution in [0, 0.1) is 6.92 Å². The fourth-order valence-corrected chi connectivity index (χ4v) is 3.24. The molecule has 30 heavy (non-hydrogen) atoms. The maximum atomic E-state index is 12.6. The molecule has 0 saturated heterocycles. The van der Waals surface area contributed by atoms with Gasteiger partial charge >= 0.3 is 5.97 Å². The molecule has 0 saturated carbocycles. The number of methoxy groups -OCH3 is 1. The molecule has 0 aliphatic heterocycles. The Hall–Kier alpha value is -3.19. The van der Waals surface area contributed by atoms with Crippen LogP contribution in [-0.2, 0) is 9.53 Å². The number of pyridine rings is 1. The van der Waals surface area contributed by atoms with Gasteiger partial charge in [0.05, 0.1) is 29.7 Å². The Morgan fingerprint density at radius 2 is 1.83 bits per heavy atom. The number of amides is 1. The fraction of sp³-hybridized carbons (Fsp3) is 0.174. The van der Waals surface area contributed by atoms with Crippen LogP contribution in [0.3, 0.4) is 0 Å². The summed E-state index contributed by atoms with van der Waals surface area (Å²) in [5.74, 6) is -0.541. The van der Waals surface area contributed by atoms with Gasteiger partial charge in [-0.05, 0) is 50.2 Å². The maximum Gasteiger partial charge on any atom is 0.340 e. The van der Waals surface area contributed by atoms with Gasteiger partial charge in [-0.3, -0.25) is 9.78 Å². The zero-order valence-corrected chi connectivity index (χ0v) is 18.4. The Morgan fingerprint density at radius 3 is 2.53 bits per heavy atom. The van der Waals surface area contributed by atoms with Crippen molar-refractivity contribution in [2.24, 2.45) is 0 Å². The molecule has 0 radical (unpaired) electrons. The summed E-state index contributed by atoms with van der Waals surface area (Å²) in [5.41, 5.74) is 3.01. The molecular weight excluding hydrogens is 448 g/mol. The first kappa shape index (κ1) is 21.5. The summed E-state index contributed by atoms with van der Waals surface area (Å²) >= 11 is 3.44. The minimum atomic E-state index is -0.994. The molecule has 1 N–H and O–H groups in total. The highest BCUT2D eigenvalue weighted by Crippen LogP contribution is 2.24. The fourth-order valence-electron chi connectivity index (χ4n) is 2.85. The molecule has 1 heterocycles. The molecular formula is C23H21BrN2O4. The van der Waals surface area contributed by atoms with Crippen molar-refractivity contribution in [3.8, 4) is 17.0 Å². The number of carbonyl (C=O) groups excluding carboxylic acids is 2. The Labute approximate surface area is 183 Å². The Bertz CT molecular complexity index is 1080. The highest BCUT2D eigenvalue weighted by molar-refractivity contribution is 9.10. The second-order valence-electron chi connectivity index (χ2n) is 6.58. The Kier molecular flexibility index (Phi) is 6.84. The number of nitrogens with zero attached hydrogens (tertiary/aromatic N) is 1. The first-order chi connectivity index (χ1) is 14.4. The van der Waals surface area contributed by atoms with Crippen LogP contribution in [0.2, 0.25) is 0 Å². The van der Waals surface area contributed by atoms with E-state index in [0.29, 0.717) is 22.7 Å². The van der Waals surface area contributed by atoms with E-state index < -0.39 is 18.0 Å². The number of halogens is 1. The number of benzene rings is 2. The molecule has 1 atom stereocenters. The van der Waals surface area contributed by atoms with Crippen LogP contribution in [0.4, 0.5) is 5.69 Å². The lowest BCUT2D eigenvalue weighted by atomic mass is 10.1. The van der Waals surface area contributed by atoms with Crippen molar-refractivity contribution in [3.63, 3.8) is 0 Å². The number of aromatic nitrogens is 1. The van der Waals surface area contributed by atoms with E-state index in [4.69, 9.17) is 9.47 Å². The lowest BCUT2D eigenvalue weighted by Crippen LogP contribution is -2.30. The van der Waals surface area contributed by atoms with Gasteiger partial charge in [0.2, 0.25) is 0 Å². The van der Waals surface area contributed by atoms with Crippen LogP contribution in [0.15, 0.2) is 65.1 Å². The van der Waals surface area contributed by atoms with Crippen LogP contribution in [0.25, 0.3) is 11.3 Å². The minimum Gasteiger partial charge on any atom is -0.495 e. The zero-order valence-electron chi connectivity index (χ0n) is 16.8. The summed E-state index contributed by atoms with van der Waals surface area (Å²) in [6.45, 7) is 3.25. The van der Waals surface area contributed by atoms with Crippen molar-refractivity contribution in [1.82, 2.24) is 4.98 Å². The predicted octanol–water partition coefficient (Wildman–Crippen LogP) is 5.01. The van der Waals surface area contributed by atoms with E-state index in [1.54, 1.807) is 43.3 Å². The van der Waals surface area contributed by atoms with Crippen LogP contribution in [0.1, 0.15) is 23.0 Å². The number of anilines is 1. The molecule has 154 valence electrons. The molecule has 3 rings (SSSR count). The Morgan fingerprint density at radius 1 is 1.07 bits per heavy atom. The molecule has 6 nitrogen and oxygen atoms in total. The highest BCUT2D eigenvalue weighted by atomic mass is 79.9. The third kappa shape index (κ3) is 5.04. The second-order valence-corrected chi connectivity index (χ2v) is 7.49. The molecule has 0 fully saturated rings.